The third-order valence-corrected chi connectivity index (χ3v) is 2.32. The Morgan fingerprint density at radius 2 is 1.80 bits per heavy atom. The van der Waals surface area contributed by atoms with Gasteiger partial charge in [0.15, 0.2) is 6.29 Å². The normalized spacial score (nSPS) is 10.9. The lowest BCUT2D eigenvalue weighted by Gasteiger charge is -2.19. The molecule has 0 amide bonds. The average molecular weight is 206 g/mol. The molecule has 82 valence electrons. The van der Waals surface area contributed by atoms with Crippen LogP contribution < -0.4 is 5.46 Å². The lowest BCUT2D eigenvalue weighted by molar-refractivity contribution is -0.140. The average Bonchev–Trinajstić information content (AvgIpc) is 2.17. The first-order valence-electron chi connectivity index (χ1n) is 5.49. The summed E-state index contributed by atoms with van der Waals surface area (Å²) >= 11 is 0. The molecule has 0 spiro atoms. The summed E-state index contributed by atoms with van der Waals surface area (Å²) in [5.41, 5.74) is 3.62. The second kappa shape index (κ2) is 5.94. The molecular weight excluding hydrogens is 187 g/mol. The maximum Gasteiger partial charge on any atom is 0.184 e. The summed E-state index contributed by atoms with van der Waals surface area (Å²) in [7, 11) is 2.09. The van der Waals surface area contributed by atoms with Crippen molar-refractivity contribution in [2.75, 3.05) is 13.2 Å². The number of aryl methyl sites for hydroxylation is 1. The van der Waals surface area contributed by atoms with E-state index < -0.39 is 0 Å². The van der Waals surface area contributed by atoms with Gasteiger partial charge in [0.2, 0.25) is 0 Å². The molecule has 0 saturated heterocycles. The van der Waals surface area contributed by atoms with Gasteiger partial charge in [-0.2, -0.15) is 0 Å². The van der Waals surface area contributed by atoms with Crippen LogP contribution in [-0.4, -0.2) is 21.1 Å². The van der Waals surface area contributed by atoms with Crippen molar-refractivity contribution in [1.29, 1.82) is 0 Å². The molecule has 3 heteroatoms. The van der Waals surface area contributed by atoms with Gasteiger partial charge in [-0.05, 0) is 26.3 Å². The molecule has 0 heterocycles. The second-order valence-electron chi connectivity index (χ2n) is 3.60. The highest BCUT2D eigenvalue weighted by atomic mass is 16.7. The van der Waals surface area contributed by atoms with E-state index in [0.29, 0.717) is 13.2 Å². The lowest BCUT2D eigenvalue weighted by Crippen LogP contribution is -2.12. The van der Waals surface area contributed by atoms with Crippen LogP contribution in [0.1, 0.15) is 31.3 Å². The van der Waals surface area contributed by atoms with Crippen LogP contribution in [0.15, 0.2) is 18.2 Å². The highest BCUT2D eigenvalue weighted by molar-refractivity contribution is 6.32. The van der Waals surface area contributed by atoms with Crippen molar-refractivity contribution < 1.29 is 9.47 Å². The van der Waals surface area contributed by atoms with Crippen molar-refractivity contribution in [3.63, 3.8) is 0 Å². The minimum Gasteiger partial charge on any atom is -0.349 e. The minimum atomic E-state index is -0.222. The SMILES string of the molecule is Bc1ccc(C(OCC)OCC)c(C)c1. The van der Waals surface area contributed by atoms with Gasteiger partial charge in [0.25, 0.3) is 0 Å². The van der Waals surface area contributed by atoms with E-state index in [1.165, 1.54) is 11.0 Å². The Morgan fingerprint density at radius 1 is 1.20 bits per heavy atom. The van der Waals surface area contributed by atoms with Gasteiger partial charge in [-0.25, -0.2) is 0 Å². The molecule has 15 heavy (non-hydrogen) atoms. The zero-order valence-corrected chi connectivity index (χ0v) is 10.0. The van der Waals surface area contributed by atoms with Crippen LogP contribution in [0.2, 0.25) is 0 Å². The van der Waals surface area contributed by atoms with Crippen LogP contribution in [0.5, 0.6) is 0 Å². The van der Waals surface area contributed by atoms with Gasteiger partial charge in [0.1, 0.15) is 7.85 Å². The van der Waals surface area contributed by atoms with Crippen molar-refractivity contribution in [2.45, 2.75) is 27.1 Å². The Kier molecular flexibility index (Phi) is 4.86. The molecule has 0 atom stereocenters. The van der Waals surface area contributed by atoms with Gasteiger partial charge < -0.3 is 9.47 Å². The Balaban J connectivity index is 2.89. The largest absolute Gasteiger partial charge is 0.349 e. The van der Waals surface area contributed by atoms with E-state index in [9.17, 15) is 0 Å². The van der Waals surface area contributed by atoms with E-state index >= 15 is 0 Å². The van der Waals surface area contributed by atoms with Crippen molar-refractivity contribution in [1.82, 2.24) is 0 Å². The van der Waals surface area contributed by atoms with Crippen LogP contribution in [0.25, 0.3) is 0 Å². The first-order chi connectivity index (χ1) is 7.19. The molecule has 0 aromatic heterocycles. The quantitative estimate of drug-likeness (QED) is 0.534. The summed E-state index contributed by atoms with van der Waals surface area (Å²) in [6.07, 6.45) is -0.222. The number of rotatable bonds is 5. The summed E-state index contributed by atoms with van der Waals surface area (Å²) in [6.45, 7) is 7.38. The second-order valence-corrected chi connectivity index (χ2v) is 3.60. The summed E-state index contributed by atoms with van der Waals surface area (Å²) in [4.78, 5) is 0. The zero-order chi connectivity index (χ0) is 11.3. The molecule has 0 saturated carbocycles. The van der Waals surface area contributed by atoms with Crippen LogP contribution >= 0.6 is 0 Å². The molecule has 0 radical (unpaired) electrons. The molecule has 0 aliphatic heterocycles. The van der Waals surface area contributed by atoms with Gasteiger partial charge in [0, 0.05) is 18.8 Å². The predicted molar refractivity (Wildman–Crippen MR) is 65.4 cm³/mol. The molecule has 1 aromatic rings. The Hall–Kier alpha value is -0.795. The molecule has 0 aliphatic carbocycles. The van der Waals surface area contributed by atoms with E-state index in [0.717, 1.165) is 5.56 Å². The Morgan fingerprint density at radius 3 is 2.27 bits per heavy atom. The summed E-state index contributed by atoms with van der Waals surface area (Å²) in [5, 5.41) is 0. The first-order valence-corrected chi connectivity index (χ1v) is 5.49. The molecule has 0 fully saturated rings. The molecule has 0 unspecified atom stereocenters. The standard InChI is InChI=1S/C12H19BO2/c1-4-14-12(15-5-2)11-7-6-10(13)8-9(11)3/h6-8,12H,4-5,13H2,1-3H3. The summed E-state index contributed by atoms with van der Waals surface area (Å²) in [6, 6.07) is 6.33. The predicted octanol–water partition coefficient (Wildman–Crippen LogP) is 1.33. The molecule has 0 N–H and O–H groups in total. The summed E-state index contributed by atoms with van der Waals surface area (Å²) < 4.78 is 11.1. The Bertz CT molecular complexity index is 306. The number of benzene rings is 1. The van der Waals surface area contributed by atoms with E-state index in [1.54, 1.807) is 0 Å². The van der Waals surface area contributed by atoms with Crippen LogP contribution in [0, 0.1) is 6.92 Å². The highest BCUT2D eigenvalue weighted by Crippen LogP contribution is 2.21. The third-order valence-electron chi connectivity index (χ3n) is 2.32. The molecule has 1 rings (SSSR count). The Labute approximate surface area is 93.0 Å². The summed E-state index contributed by atoms with van der Waals surface area (Å²) in [5.74, 6) is 0. The number of ether oxygens (including phenoxy) is 2. The van der Waals surface area contributed by atoms with Crippen molar-refractivity contribution in [3.8, 4) is 0 Å². The van der Waals surface area contributed by atoms with Gasteiger partial charge in [-0.1, -0.05) is 23.7 Å². The first kappa shape index (κ1) is 12.3. The molecular formula is C12H19BO2. The number of hydrogen-bond acceptors (Lipinski definition) is 2. The monoisotopic (exact) mass is 206 g/mol. The number of hydrogen-bond donors (Lipinski definition) is 0. The molecule has 2 nitrogen and oxygen atoms in total. The van der Waals surface area contributed by atoms with Gasteiger partial charge in [-0.3, -0.25) is 0 Å². The fraction of sp³-hybridized carbons (Fsp3) is 0.500. The lowest BCUT2D eigenvalue weighted by atomic mass is 9.92. The smallest absolute Gasteiger partial charge is 0.184 e. The van der Waals surface area contributed by atoms with Crippen LogP contribution in [-0.2, 0) is 9.47 Å². The van der Waals surface area contributed by atoms with Crippen molar-refractivity contribution in [3.05, 3.63) is 29.3 Å². The van der Waals surface area contributed by atoms with E-state index in [1.807, 2.05) is 13.8 Å². The van der Waals surface area contributed by atoms with E-state index in [4.69, 9.17) is 9.47 Å². The van der Waals surface area contributed by atoms with Crippen LogP contribution in [0.4, 0.5) is 0 Å². The molecule has 1 aromatic carbocycles. The molecule has 0 bridgehead atoms. The fourth-order valence-electron chi connectivity index (χ4n) is 1.62. The van der Waals surface area contributed by atoms with Crippen LogP contribution in [0.3, 0.4) is 0 Å². The van der Waals surface area contributed by atoms with E-state index in [-0.39, 0.29) is 6.29 Å². The third kappa shape index (κ3) is 3.36. The van der Waals surface area contributed by atoms with E-state index in [2.05, 4.69) is 33.0 Å². The van der Waals surface area contributed by atoms with Gasteiger partial charge >= 0.3 is 0 Å². The van der Waals surface area contributed by atoms with Gasteiger partial charge in [-0.15, -0.1) is 0 Å². The van der Waals surface area contributed by atoms with Crippen molar-refractivity contribution >= 4 is 13.3 Å². The maximum absolute atomic E-state index is 5.57. The van der Waals surface area contributed by atoms with Gasteiger partial charge in [0.05, 0.1) is 0 Å². The van der Waals surface area contributed by atoms with Crippen molar-refractivity contribution in [2.24, 2.45) is 0 Å². The maximum atomic E-state index is 5.57. The fourth-order valence-corrected chi connectivity index (χ4v) is 1.62. The zero-order valence-electron chi connectivity index (χ0n) is 10.0. The minimum absolute atomic E-state index is 0.222. The molecule has 0 aliphatic rings. The highest BCUT2D eigenvalue weighted by Gasteiger charge is 2.13. The topological polar surface area (TPSA) is 18.5 Å².